The number of nitrogens with zero attached hydrogens (tertiary/aromatic N) is 3. The van der Waals surface area contributed by atoms with Gasteiger partial charge < -0.3 is 5.32 Å². The third-order valence-corrected chi connectivity index (χ3v) is 5.56. The molecule has 0 fully saturated rings. The molecule has 5 heteroatoms. The van der Waals surface area contributed by atoms with Crippen molar-refractivity contribution >= 4 is 33.1 Å². The topological polar surface area (TPSA) is 42.7 Å². The molecule has 0 amide bonds. The fourth-order valence-electron chi connectivity index (χ4n) is 3.79. The lowest BCUT2D eigenvalue weighted by Gasteiger charge is -2.14. The molecule has 0 saturated heterocycles. The molecular weight excluding hydrogens is 380 g/mol. The van der Waals surface area contributed by atoms with Gasteiger partial charge in [-0.25, -0.2) is 9.67 Å². The zero-order chi connectivity index (χ0) is 19.6. The van der Waals surface area contributed by atoms with Crippen LogP contribution in [0.4, 0.5) is 0 Å². The molecule has 0 bridgehead atoms. The Morgan fingerprint density at radius 2 is 1.48 bits per heavy atom. The van der Waals surface area contributed by atoms with E-state index < -0.39 is 0 Å². The summed E-state index contributed by atoms with van der Waals surface area (Å²) in [6.07, 6.45) is 5.47. The Labute approximate surface area is 173 Å². The van der Waals surface area contributed by atoms with Crippen molar-refractivity contribution in [2.24, 2.45) is 0 Å². The van der Waals surface area contributed by atoms with Gasteiger partial charge in [-0.05, 0) is 40.1 Å². The standard InChI is InChI=1S/C24H19ClN4/c25-24-20-8-3-1-6-18(20)22(19-7-2-4-9-21(19)24)16-26-15-17-10-12-27-23(14-17)29-13-5-11-28-29/h1-14,26H,15-16H2. The predicted molar refractivity (Wildman–Crippen MR) is 118 cm³/mol. The van der Waals surface area contributed by atoms with Gasteiger partial charge in [-0.1, -0.05) is 60.1 Å². The Bertz CT molecular complexity index is 1240. The lowest BCUT2D eigenvalue weighted by molar-refractivity contribution is 0.697. The van der Waals surface area contributed by atoms with Crippen molar-refractivity contribution in [3.8, 4) is 5.82 Å². The molecule has 29 heavy (non-hydrogen) atoms. The second-order valence-corrected chi connectivity index (χ2v) is 7.34. The lowest BCUT2D eigenvalue weighted by atomic mass is 9.96. The van der Waals surface area contributed by atoms with E-state index in [2.05, 4.69) is 57.9 Å². The number of halogens is 1. The number of hydrogen-bond acceptors (Lipinski definition) is 3. The summed E-state index contributed by atoms with van der Waals surface area (Å²) in [5.74, 6) is 0.816. The minimum atomic E-state index is 0.738. The Hall–Kier alpha value is -3.21. The fraction of sp³-hybridized carbons (Fsp3) is 0.0833. The van der Waals surface area contributed by atoms with E-state index in [1.807, 2.05) is 36.7 Å². The summed E-state index contributed by atoms with van der Waals surface area (Å²) in [4.78, 5) is 4.40. The number of fused-ring (bicyclic) bond motifs is 2. The number of aromatic nitrogens is 3. The maximum absolute atomic E-state index is 6.71. The predicted octanol–water partition coefficient (Wildman–Crippen LogP) is 5.52. The van der Waals surface area contributed by atoms with Crippen molar-refractivity contribution in [1.29, 1.82) is 0 Å². The number of hydrogen-bond donors (Lipinski definition) is 1. The van der Waals surface area contributed by atoms with Gasteiger partial charge in [0.1, 0.15) is 0 Å². The second-order valence-electron chi connectivity index (χ2n) is 6.96. The van der Waals surface area contributed by atoms with Gasteiger partial charge in [0.15, 0.2) is 5.82 Å². The average Bonchev–Trinajstić information content (AvgIpc) is 3.31. The van der Waals surface area contributed by atoms with Crippen molar-refractivity contribution < 1.29 is 0 Å². The first kappa shape index (κ1) is 17.9. The lowest BCUT2D eigenvalue weighted by Crippen LogP contribution is -2.14. The molecule has 0 aliphatic carbocycles. The Balaban J connectivity index is 1.45. The first-order chi connectivity index (χ1) is 14.3. The normalized spacial score (nSPS) is 11.3. The maximum atomic E-state index is 6.71. The van der Waals surface area contributed by atoms with Gasteiger partial charge in [0.25, 0.3) is 0 Å². The van der Waals surface area contributed by atoms with Crippen LogP contribution in [0.3, 0.4) is 0 Å². The second kappa shape index (κ2) is 7.66. The van der Waals surface area contributed by atoms with E-state index in [9.17, 15) is 0 Å². The van der Waals surface area contributed by atoms with Crippen LogP contribution >= 0.6 is 11.6 Å². The van der Waals surface area contributed by atoms with E-state index in [4.69, 9.17) is 11.6 Å². The molecule has 4 nitrogen and oxygen atoms in total. The summed E-state index contributed by atoms with van der Waals surface area (Å²) in [5.41, 5.74) is 2.43. The molecule has 0 aliphatic rings. The minimum absolute atomic E-state index is 0.738. The largest absolute Gasteiger partial charge is 0.309 e. The van der Waals surface area contributed by atoms with Crippen LogP contribution in [0.25, 0.3) is 27.4 Å². The third kappa shape index (κ3) is 3.37. The van der Waals surface area contributed by atoms with Crippen molar-refractivity contribution in [2.75, 3.05) is 0 Å². The van der Waals surface area contributed by atoms with E-state index in [-0.39, 0.29) is 0 Å². The van der Waals surface area contributed by atoms with Crippen LogP contribution < -0.4 is 5.32 Å². The van der Waals surface area contributed by atoms with Crippen LogP contribution in [-0.2, 0) is 13.1 Å². The molecule has 0 radical (unpaired) electrons. The number of nitrogens with one attached hydrogen (secondary N) is 1. The van der Waals surface area contributed by atoms with Crippen LogP contribution in [-0.4, -0.2) is 14.8 Å². The Morgan fingerprint density at radius 3 is 2.14 bits per heavy atom. The van der Waals surface area contributed by atoms with E-state index in [1.54, 1.807) is 10.9 Å². The highest BCUT2D eigenvalue weighted by Crippen LogP contribution is 2.36. The molecule has 3 aromatic carbocycles. The molecule has 2 aromatic heterocycles. The van der Waals surface area contributed by atoms with E-state index >= 15 is 0 Å². The van der Waals surface area contributed by atoms with E-state index in [1.165, 1.54) is 16.3 Å². The van der Waals surface area contributed by atoms with Gasteiger partial charge >= 0.3 is 0 Å². The molecule has 142 valence electrons. The highest BCUT2D eigenvalue weighted by atomic mass is 35.5. The van der Waals surface area contributed by atoms with Crippen LogP contribution in [0.2, 0.25) is 5.02 Å². The molecule has 0 unspecified atom stereocenters. The highest BCUT2D eigenvalue weighted by Gasteiger charge is 2.12. The van der Waals surface area contributed by atoms with Crippen LogP contribution in [0, 0.1) is 0 Å². The highest BCUT2D eigenvalue weighted by molar-refractivity contribution is 6.41. The summed E-state index contributed by atoms with van der Waals surface area (Å²) >= 11 is 6.71. The van der Waals surface area contributed by atoms with E-state index in [0.29, 0.717) is 0 Å². The smallest absolute Gasteiger partial charge is 0.153 e. The summed E-state index contributed by atoms with van der Waals surface area (Å²) in [5, 5.41) is 13.2. The molecule has 2 heterocycles. The Morgan fingerprint density at radius 1 is 0.793 bits per heavy atom. The maximum Gasteiger partial charge on any atom is 0.153 e. The first-order valence-electron chi connectivity index (χ1n) is 9.55. The average molecular weight is 399 g/mol. The van der Waals surface area contributed by atoms with Gasteiger partial charge in [-0.3, -0.25) is 0 Å². The summed E-state index contributed by atoms with van der Waals surface area (Å²) in [6.45, 7) is 1.49. The van der Waals surface area contributed by atoms with Crippen molar-refractivity contribution in [3.05, 3.63) is 101 Å². The third-order valence-electron chi connectivity index (χ3n) is 5.16. The number of pyridine rings is 1. The summed E-state index contributed by atoms with van der Waals surface area (Å²) in [7, 11) is 0. The van der Waals surface area contributed by atoms with Gasteiger partial charge in [0.2, 0.25) is 0 Å². The van der Waals surface area contributed by atoms with Gasteiger partial charge in [-0.15, -0.1) is 0 Å². The molecule has 5 rings (SSSR count). The SMILES string of the molecule is Clc1c2ccccc2c(CNCc2ccnc(-n3cccn3)c2)c2ccccc12. The monoisotopic (exact) mass is 398 g/mol. The van der Waals surface area contributed by atoms with Crippen molar-refractivity contribution in [2.45, 2.75) is 13.1 Å². The molecule has 1 N–H and O–H groups in total. The van der Waals surface area contributed by atoms with Crippen LogP contribution in [0.5, 0.6) is 0 Å². The van der Waals surface area contributed by atoms with Gasteiger partial charge in [0, 0.05) is 42.5 Å². The molecule has 0 atom stereocenters. The minimum Gasteiger partial charge on any atom is -0.309 e. The molecular formula is C24H19ClN4. The van der Waals surface area contributed by atoms with Gasteiger partial charge in [0.05, 0.1) is 5.02 Å². The number of benzene rings is 3. The van der Waals surface area contributed by atoms with E-state index in [0.717, 1.165) is 40.3 Å². The fourth-order valence-corrected chi connectivity index (χ4v) is 4.12. The number of rotatable bonds is 5. The first-order valence-corrected chi connectivity index (χ1v) is 9.92. The summed E-state index contributed by atoms with van der Waals surface area (Å²) < 4.78 is 1.77. The van der Waals surface area contributed by atoms with Crippen molar-refractivity contribution in [1.82, 2.24) is 20.1 Å². The quantitative estimate of drug-likeness (QED) is 0.396. The van der Waals surface area contributed by atoms with Crippen molar-refractivity contribution in [3.63, 3.8) is 0 Å². The Kier molecular flexibility index (Phi) is 4.72. The molecule has 0 saturated carbocycles. The zero-order valence-corrected chi connectivity index (χ0v) is 16.5. The molecule has 0 aliphatic heterocycles. The van der Waals surface area contributed by atoms with Crippen LogP contribution in [0.1, 0.15) is 11.1 Å². The van der Waals surface area contributed by atoms with Gasteiger partial charge in [-0.2, -0.15) is 5.10 Å². The summed E-state index contributed by atoms with van der Waals surface area (Å²) in [6, 6.07) is 22.6. The molecule has 5 aromatic rings. The molecule has 0 spiro atoms. The zero-order valence-electron chi connectivity index (χ0n) is 15.7. The van der Waals surface area contributed by atoms with Crippen LogP contribution in [0.15, 0.2) is 85.3 Å².